The van der Waals surface area contributed by atoms with E-state index in [1.165, 1.54) is 19.1 Å². The molecule has 1 aliphatic carbocycles. The fraction of sp³-hybridized carbons (Fsp3) is 0.576. The van der Waals surface area contributed by atoms with Crippen LogP contribution >= 0.6 is 12.4 Å². The second kappa shape index (κ2) is 14.4. The number of halogens is 1. The van der Waals surface area contributed by atoms with Crippen LogP contribution in [0.15, 0.2) is 59.5 Å². The molecule has 230 valence electrons. The zero-order valence-electron chi connectivity index (χ0n) is 24.8. The van der Waals surface area contributed by atoms with E-state index in [1.807, 2.05) is 35.2 Å². The number of rotatable bonds is 9. The number of nitrogens with zero attached hydrogens (tertiary/aromatic N) is 2. The zero-order chi connectivity index (χ0) is 28.9. The average Bonchev–Trinajstić information content (AvgIpc) is 3.14. The minimum atomic E-state index is -3.23. The Bertz CT molecular complexity index is 1290. The quantitative estimate of drug-likeness (QED) is 0.374. The summed E-state index contributed by atoms with van der Waals surface area (Å²) in [6, 6.07) is 17.2. The first-order valence-corrected chi connectivity index (χ1v) is 17.3. The van der Waals surface area contributed by atoms with Crippen LogP contribution < -0.4 is 5.32 Å². The van der Waals surface area contributed by atoms with E-state index in [4.69, 9.17) is 0 Å². The van der Waals surface area contributed by atoms with E-state index < -0.39 is 9.84 Å². The van der Waals surface area contributed by atoms with Crippen LogP contribution in [-0.2, 0) is 26.0 Å². The summed E-state index contributed by atoms with van der Waals surface area (Å²) in [4.78, 5) is 31.5. The van der Waals surface area contributed by atoms with Crippen molar-refractivity contribution < 1.29 is 18.0 Å². The number of carbonyl (C=O) groups is 2. The topological polar surface area (TPSA) is 86.8 Å². The summed E-state index contributed by atoms with van der Waals surface area (Å²) in [6.07, 6.45) is 11.4. The third-order valence-electron chi connectivity index (χ3n) is 9.62. The van der Waals surface area contributed by atoms with E-state index >= 15 is 0 Å². The van der Waals surface area contributed by atoms with Crippen molar-refractivity contribution in [1.29, 1.82) is 0 Å². The first-order chi connectivity index (χ1) is 19.7. The summed E-state index contributed by atoms with van der Waals surface area (Å²) in [6.45, 7) is 3.94. The highest BCUT2D eigenvalue weighted by Crippen LogP contribution is 2.42. The minimum Gasteiger partial charge on any atom is -0.349 e. The Hall–Kier alpha value is -2.42. The SMILES string of the molecule is CS(=O)(=O)c1ccc(CN2CCC3(CCN(CCC(NC(=O)C4CCCCCC4)c4ccccc4)CC3)C2=O)cc1.Cl. The van der Waals surface area contributed by atoms with Gasteiger partial charge < -0.3 is 15.1 Å². The van der Waals surface area contributed by atoms with Gasteiger partial charge in [-0.3, -0.25) is 9.59 Å². The Morgan fingerprint density at radius 2 is 1.55 bits per heavy atom. The maximum atomic E-state index is 13.5. The monoisotopic (exact) mass is 615 g/mol. The lowest BCUT2D eigenvalue weighted by Gasteiger charge is -2.38. The molecule has 1 saturated carbocycles. The molecule has 1 N–H and O–H groups in total. The molecular weight excluding hydrogens is 570 g/mol. The number of likely N-dealkylation sites (tertiary alicyclic amines) is 2. The third-order valence-corrected chi connectivity index (χ3v) is 10.7. The Kier molecular flexibility index (Phi) is 11.1. The molecule has 7 nitrogen and oxygen atoms in total. The van der Waals surface area contributed by atoms with Gasteiger partial charge in [0.25, 0.3) is 0 Å². The van der Waals surface area contributed by atoms with Crippen molar-refractivity contribution >= 4 is 34.1 Å². The molecule has 0 aromatic heterocycles. The van der Waals surface area contributed by atoms with Gasteiger partial charge in [0.2, 0.25) is 11.8 Å². The highest BCUT2D eigenvalue weighted by molar-refractivity contribution is 7.90. The molecule has 1 atom stereocenters. The largest absolute Gasteiger partial charge is 0.349 e. The molecule has 2 aromatic carbocycles. The summed E-state index contributed by atoms with van der Waals surface area (Å²) in [5, 5.41) is 3.41. The number of piperidine rings is 1. The summed E-state index contributed by atoms with van der Waals surface area (Å²) < 4.78 is 23.5. The van der Waals surface area contributed by atoms with E-state index in [2.05, 4.69) is 22.3 Å². The summed E-state index contributed by atoms with van der Waals surface area (Å²) in [5.41, 5.74) is 1.84. The van der Waals surface area contributed by atoms with E-state index in [1.54, 1.807) is 12.1 Å². The smallest absolute Gasteiger partial charge is 0.229 e. The Morgan fingerprint density at radius 3 is 2.17 bits per heavy atom. The molecule has 0 radical (unpaired) electrons. The molecule has 2 aliphatic heterocycles. The van der Waals surface area contributed by atoms with Crippen molar-refractivity contribution in [2.75, 3.05) is 32.4 Å². The van der Waals surface area contributed by atoms with Gasteiger partial charge in [-0.25, -0.2) is 8.42 Å². The van der Waals surface area contributed by atoms with Gasteiger partial charge >= 0.3 is 0 Å². The minimum absolute atomic E-state index is 0. The van der Waals surface area contributed by atoms with E-state index in [0.717, 1.165) is 88.7 Å². The number of hydrogen-bond donors (Lipinski definition) is 1. The number of sulfone groups is 1. The van der Waals surface area contributed by atoms with Crippen LogP contribution in [0.2, 0.25) is 0 Å². The van der Waals surface area contributed by atoms with Gasteiger partial charge in [0.05, 0.1) is 16.4 Å². The van der Waals surface area contributed by atoms with Crippen LogP contribution in [0.1, 0.15) is 81.4 Å². The summed E-state index contributed by atoms with van der Waals surface area (Å²) in [5.74, 6) is 0.579. The van der Waals surface area contributed by atoms with Crippen LogP contribution in [0.5, 0.6) is 0 Å². The van der Waals surface area contributed by atoms with Gasteiger partial charge in [0, 0.05) is 31.8 Å². The lowest BCUT2D eigenvalue weighted by atomic mass is 9.77. The standard InChI is InChI=1S/C33H45N3O4S.ClH/c1-41(39,40)29-15-13-26(14-16-29)25-36-24-20-33(32(36)38)18-22-35(23-19-33)21-17-30(27-9-7-4-8-10-27)34-31(37)28-11-5-2-3-6-12-28;/h4,7-10,13-16,28,30H,2-3,5-6,11-12,17-25H2,1H3,(H,34,37);1H. The maximum Gasteiger partial charge on any atom is 0.229 e. The molecule has 1 spiro atoms. The van der Waals surface area contributed by atoms with Gasteiger partial charge in [-0.15, -0.1) is 12.4 Å². The average molecular weight is 616 g/mol. The van der Waals surface area contributed by atoms with E-state index in [9.17, 15) is 18.0 Å². The number of nitrogens with one attached hydrogen (secondary N) is 1. The van der Waals surface area contributed by atoms with Crippen LogP contribution in [-0.4, -0.2) is 62.5 Å². The molecule has 9 heteroatoms. The predicted molar refractivity (Wildman–Crippen MR) is 168 cm³/mol. The Morgan fingerprint density at radius 1 is 0.929 bits per heavy atom. The first-order valence-electron chi connectivity index (χ1n) is 15.4. The lowest BCUT2D eigenvalue weighted by Crippen LogP contribution is -2.45. The normalized spacial score (nSPS) is 20.6. The fourth-order valence-corrected chi connectivity index (χ4v) is 7.56. The molecule has 3 aliphatic rings. The van der Waals surface area contributed by atoms with Crippen molar-refractivity contribution in [1.82, 2.24) is 15.1 Å². The number of carbonyl (C=O) groups excluding carboxylic acids is 2. The summed E-state index contributed by atoms with van der Waals surface area (Å²) in [7, 11) is -3.23. The molecule has 5 rings (SSSR count). The molecule has 3 fully saturated rings. The van der Waals surface area contributed by atoms with Crippen LogP contribution in [0.4, 0.5) is 0 Å². The molecule has 2 amide bonds. The number of amides is 2. The molecular formula is C33H46ClN3O4S. The van der Waals surface area contributed by atoms with Gasteiger partial charge in [-0.2, -0.15) is 0 Å². The predicted octanol–water partition coefficient (Wildman–Crippen LogP) is 5.54. The first kappa shape index (κ1) is 32.5. The van der Waals surface area contributed by atoms with Crippen LogP contribution in [0.3, 0.4) is 0 Å². The van der Waals surface area contributed by atoms with Crippen molar-refractivity contribution in [3.63, 3.8) is 0 Å². The van der Waals surface area contributed by atoms with E-state index in [0.29, 0.717) is 11.4 Å². The van der Waals surface area contributed by atoms with Crippen molar-refractivity contribution in [3.05, 3.63) is 65.7 Å². The zero-order valence-corrected chi connectivity index (χ0v) is 26.4. The maximum absolute atomic E-state index is 13.5. The molecule has 2 heterocycles. The van der Waals surface area contributed by atoms with Crippen molar-refractivity contribution in [2.24, 2.45) is 11.3 Å². The van der Waals surface area contributed by atoms with Crippen molar-refractivity contribution in [3.8, 4) is 0 Å². The van der Waals surface area contributed by atoms with E-state index in [-0.39, 0.29) is 41.6 Å². The second-order valence-corrected chi connectivity index (χ2v) is 14.5. The number of benzene rings is 2. The molecule has 2 saturated heterocycles. The van der Waals surface area contributed by atoms with Gasteiger partial charge in [-0.1, -0.05) is 68.1 Å². The fourth-order valence-electron chi connectivity index (χ4n) is 6.93. The van der Waals surface area contributed by atoms with Gasteiger partial charge in [-0.05, 0) is 74.9 Å². The van der Waals surface area contributed by atoms with Gasteiger partial charge in [0.15, 0.2) is 9.84 Å². The highest BCUT2D eigenvalue weighted by atomic mass is 35.5. The van der Waals surface area contributed by atoms with Crippen LogP contribution in [0.25, 0.3) is 0 Å². The molecule has 0 bridgehead atoms. The highest BCUT2D eigenvalue weighted by Gasteiger charge is 2.47. The summed E-state index contributed by atoms with van der Waals surface area (Å²) >= 11 is 0. The molecule has 1 unspecified atom stereocenters. The number of hydrogen-bond acceptors (Lipinski definition) is 5. The second-order valence-electron chi connectivity index (χ2n) is 12.5. The lowest BCUT2D eigenvalue weighted by molar-refractivity contribution is -0.139. The Balaban J connectivity index is 0.00000405. The third kappa shape index (κ3) is 7.94. The van der Waals surface area contributed by atoms with Crippen molar-refractivity contribution in [2.45, 2.75) is 81.7 Å². The molecule has 42 heavy (non-hydrogen) atoms. The van der Waals surface area contributed by atoms with Gasteiger partial charge in [0.1, 0.15) is 0 Å². The van der Waals surface area contributed by atoms with Crippen LogP contribution in [0, 0.1) is 11.3 Å². The Labute approximate surface area is 257 Å². The molecule has 2 aromatic rings.